The highest BCUT2D eigenvalue weighted by molar-refractivity contribution is 7.80. The zero-order valence-corrected chi connectivity index (χ0v) is 13.6. The molecule has 1 aromatic heterocycles. The molecule has 0 unspecified atom stereocenters. The summed E-state index contributed by atoms with van der Waals surface area (Å²) in [5, 5.41) is 6.21. The van der Waals surface area contributed by atoms with E-state index in [1.807, 2.05) is 42.6 Å². The first kappa shape index (κ1) is 16.1. The maximum Gasteiger partial charge on any atom is 0.262 e. The molecule has 1 amide bonds. The Labute approximate surface area is 138 Å². The minimum atomic E-state index is -0.297. The number of aryl methyl sites for hydroxylation is 1. The molecule has 0 fully saturated rings. The number of carbonyl (C=O) groups excluding carboxylic acids is 1. The van der Waals surface area contributed by atoms with Crippen LogP contribution in [0.25, 0.3) is 6.08 Å². The summed E-state index contributed by atoms with van der Waals surface area (Å²) < 4.78 is 0. The SMILES string of the molecule is Cc1nc(/C=C/C(=O)NNC(=S)NCc2ccccc2)cs1. The molecule has 2 aromatic rings. The number of hydrazine groups is 1. The lowest BCUT2D eigenvalue weighted by Gasteiger charge is -2.10. The third-order valence-corrected chi connectivity index (χ3v) is 3.68. The standard InChI is InChI=1S/C15H16N4OS2/c1-11-17-13(10-22-11)7-8-14(20)18-19-15(21)16-9-12-5-3-2-4-6-12/h2-8,10H,9H2,1H3,(H,18,20)(H2,16,19,21)/b8-7+. The number of hydrogen-bond acceptors (Lipinski definition) is 4. The molecule has 2 rings (SSSR count). The number of carbonyl (C=O) groups is 1. The predicted molar refractivity (Wildman–Crippen MR) is 93.0 cm³/mol. The first-order valence-corrected chi connectivity index (χ1v) is 7.90. The van der Waals surface area contributed by atoms with Crippen LogP contribution in [-0.2, 0) is 11.3 Å². The van der Waals surface area contributed by atoms with E-state index in [1.165, 1.54) is 17.4 Å². The van der Waals surface area contributed by atoms with Gasteiger partial charge in [-0.2, -0.15) is 0 Å². The Hall–Kier alpha value is -2.25. The van der Waals surface area contributed by atoms with Crippen molar-refractivity contribution in [2.24, 2.45) is 0 Å². The second-order valence-electron chi connectivity index (χ2n) is 4.41. The summed E-state index contributed by atoms with van der Waals surface area (Å²) >= 11 is 6.62. The van der Waals surface area contributed by atoms with Crippen LogP contribution in [0.2, 0.25) is 0 Å². The van der Waals surface area contributed by atoms with Crippen molar-refractivity contribution in [3.63, 3.8) is 0 Å². The van der Waals surface area contributed by atoms with Crippen molar-refractivity contribution in [1.82, 2.24) is 21.2 Å². The first-order chi connectivity index (χ1) is 10.6. The molecule has 0 spiro atoms. The zero-order chi connectivity index (χ0) is 15.8. The fourth-order valence-electron chi connectivity index (χ4n) is 1.60. The maximum atomic E-state index is 11.6. The Kier molecular flexibility index (Phi) is 6.05. The van der Waals surface area contributed by atoms with Gasteiger partial charge in [0.25, 0.3) is 5.91 Å². The van der Waals surface area contributed by atoms with Crippen LogP contribution in [0.3, 0.4) is 0 Å². The van der Waals surface area contributed by atoms with Gasteiger partial charge in [-0.15, -0.1) is 11.3 Å². The van der Waals surface area contributed by atoms with Crippen LogP contribution in [0, 0.1) is 6.92 Å². The Morgan fingerprint density at radius 1 is 1.32 bits per heavy atom. The van der Waals surface area contributed by atoms with Crippen LogP contribution in [-0.4, -0.2) is 16.0 Å². The molecule has 1 aromatic carbocycles. The van der Waals surface area contributed by atoms with Gasteiger partial charge in [-0.1, -0.05) is 30.3 Å². The summed E-state index contributed by atoms with van der Waals surface area (Å²) in [4.78, 5) is 15.9. The molecular formula is C15H16N4OS2. The zero-order valence-electron chi connectivity index (χ0n) is 12.0. The lowest BCUT2D eigenvalue weighted by atomic mass is 10.2. The second kappa shape index (κ2) is 8.26. The van der Waals surface area contributed by atoms with E-state index in [-0.39, 0.29) is 5.91 Å². The Morgan fingerprint density at radius 2 is 2.09 bits per heavy atom. The van der Waals surface area contributed by atoms with Gasteiger partial charge in [-0.05, 0) is 30.8 Å². The molecule has 5 nitrogen and oxygen atoms in total. The van der Waals surface area contributed by atoms with Gasteiger partial charge in [-0.25, -0.2) is 4.98 Å². The predicted octanol–water partition coefficient (Wildman–Crippen LogP) is 2.16. The van der Waals surface area contributed by atoms with Crippen molar-refractivity contribution in [3.8, 4) is 0 Å². The van der Waals surface area contributed by atoms with E-state index >= 15 is 0 Å². The maximum absolute atomic E-state index is 11.6. The van der Waals surface area contributed by atoms with Gasteiger partial charge < -0.3 is 5.32 Å². The van der Waals surface area contributed by atoms with Gasteiger partial charge in [0.2, 0.25) is 0 Å². The average molecular weight is 332 g/mol. The quantitative estimate of drug-likeness (QED) is 0.455. The number of hydrogen-bond donors (Lipinski definition) is 3. The number of nitrogens with one attached hydrogen (secondary N) is 3. The monoisotopic (exact) mass is 332 g/mol. The molecule has 0 aliphatic carbocycles. The highest BCUT2D eigenvalue weighted by Gasteiger charge is 1.99. The smallest absolute Gasteiger partial charge is 0.262 e. The molecule has 22 heavy (non-hydrogen) atoms. The number of benzene rings is 1. The minimum absolute atomic E-state index is 0.297. The highest BCUT2D eigenvalue weighted by atomic mass is 32.1. The van der Waals surface area contributed by atoms with Crippen molar-refractivity contribution in [2.75, 3.05) is 0 Å². The molecule has 0 radical (unpaired) electrons. The van der Waals surface area contributed by atoms with E-state index < -0.39 is 0 Å². The van der Waals surface area contributed by atoms with Crippen LogP contribution < -0.4 is 16.2 Å². The van der Waals surface area contributed by atoms with Crippen molar-refractivity contribution >= 4 is 40.7 Å². The first-order valence-electron chi connectivity index (χ1n) is 6.61. The van der Waals surface area contributed by atoms with E-state index in [4.69, 9.17) is 12.2 Å². The largest absolute Gasteiger partial charge is 0.357 e. The number of thiocarbonyl (C=S) groups is 1. The summed E-state index contributed by atoms with van der Waals surface area (Å²) in [5.74, 6) is -0.297. The lowest BCUT2D eigenvalue weighted by Crippen LogP contribution is -2.45. The summed E-state index contributed by atoms with van der Waals surface area (Å²) in [7, 11) is 0. The van der Waals surface area contributed by atoms with Gasteiger partial charge in [0.15, 0.2) is 5.11 Å². The molecule has 114 valence electrons. The number of thiazole rings is 1. The number of amides is 1. The lowest BCUT2D eigenvalue weighted by molar-refractivity contribution is -0.116. The topological polar surface area (TPSA) is 66.0 Å². The number of nitrogens with zero attached hydrogens (tertiary/aromatic N) is 1. The van der Waals surface area contributed by atoms with E-state index in [0.29, 0.717) is 11.7 Å². The molecule has 0 saturated heterocycles. The van der Waals surface area contributed by atoms with E-state index in [1.54, 1.807) is 6.08 Å². The van der Waals surface area contributed by atoms with Gasteiger partial charge in [-0.3, -0.25) is 15.6 Å². The van der Waals surface area contributed by atoms with Gasteiger partial charge in [0.1, 0.15) is 0 Å². The third kappa shape index (κ3) is 5.63. The molecule has 0 aliphatic heterocycles. The van der Waals surface area contributed by atoms with Gasteiger partial charge in [0.05, 0.1) is 10.7 Å². The highest BCUT2D eigenvalue weighted by Crippen LogP contribution is 2.08. The minimum Gasteiger partial charge on any atom is -0.357 e. The molecule has 0 saturated carbocycles. The average Bonchev–Trinajstić information content (AvgIpc) is 2.95. The van der Waals surface area contributed by atoms with E-state index in [0.717, 1.165) is 16.3 Å². The van der Waals surface area contributed by atoms with Crippen molar-refractivity contribution in [1.29, 1.82) is 0 Å². The molecule has 0 bridgehead atoms. The van der Waals surface area contributed by atoms with Crippen LogP contribution in [0.15, 0.2) is 41.8 Å². The summed E-state index contributed by atoms with van der Waals surface area (Å²) in [6.07, 6.45) is 3.06. The van der Waals surface area contributed by atoms with Gasteiger partial charge >= 0.3 is 0 Å². The fourth-order valence-corrected chi connectivity index (χ4v) is 2.30. The number of rotatable bonds is 4. The molecule has 0 atom stereocenters. The van der Waals surface area contributed by atoms with Crippen molar-refractivity contribution in [3.05, 3.63) is 58.1 Å². The van der Waals surface area contributed by atoms with E-state index in [9.17, 15) is 4.79 Å². The van der Waals surface area contributed by atoms with Crippen molar-refractivity contribution in [2.45, 2.75) is 13.5 Å². The fraction of sp³-hybridized carbons (Fsp3) is 0.133. The van der Waals surface area contributed by atoms with Crippen LogP contribution in [0.5, 0.6) is 0 Å². The molecule has 0 aliphatic rings. The Bertz CT molecular complexity index is 667. The second-order valence-corrected chi connectivity index (χ2v) is 5.88. The van der Waals surface area contributed by atoms with Crippen molar-refractivity contribution < 1.29 is 4.79 Å². The Morgan fingerprint density at radius 3 is 2.77 bits per heavy atom. The summed E-state index contributed by atoms with van der Waals surface area (Å²) in [6, 6.07) is 9.86. The van der Waals surface area contributed by atoms with Crippen LogP contribution >= 0.6 is 23.6 Å². The van der Waals surface area contributed by atoms with Crippen LogP contribution in [0.1, 0.15) is 16.3 Å². The molecule has 1 heterocycles. The molecular weight excluding hydrogens is 316 g/mol. The number of aromatic nitrogens is 1. The summed E-state index contributed by atoms with van der Waals surface area (Å²) in [6.45, 7) is 2.51. The molecule has 7 heteroatoms. The third-order valence-electron chi connectivity index (χ3n) is 2.64. The van der Waals surface area contributed by atoms with Gasteiger partial charge in [0, 0.05) is 18.0 Å². The summed E-state index contributed by atoms with van der Waals surface area (Å²) in [5.41, 5.74) is 7.01. The molecule has 3 N–H and O–H groups in total. The Balaban J connectivity index is 1.69. The van der Waals surface area contributed by atoms with E-state index in [2.05, 4.69) is 21.2 Å². The normalized spacial score (nSPS) is 10.4. The van der Waals surface area contributed by atoms with Crippen LogP contribution in [0.4, 0.5) is 0 Å².